The van der Waals surface area contributed by atoms with Crippen molar-refractivity contribution in [3.8, 4) is 0 Å². The van der Waals surface area contributed by atoms with Crippen molar-refractivity contribution in [3.05, 3.63) is 0 Å². The number of hydrogen-bond donors (Lipinski definition) is 1. The second-order valence-electron chi connectivity index (χ2n) is 14.1. The molecule has 0 aromatic rings. The quantitative estimate of drug-likeness (QED) is 0.246. The van der Waals surface area contributed by atoms with E-state index in [0.29, 0.717) is 12.6 Å². The number of nitrogens with one attached hydrogen (secondary N) is 1. The summed E-state index contributed by atoms with van der Waals surface area (Å²) in [6.45, 7) is 34.2. The molecule has 0 aromatic carbocycles. The predicted molar refractivity (Wildman–Crippen MR) is 149 cm³/mol. The van der Waals surface area contributed by atoms with Crippen LogP contribution in [0.5, 0.6) is 0 Å². The van der Waals surface area contributed by atoms with Gasteiger partial charge in [-0.1, -0.05) is 75.4 Å². The van der Waals surface area contributed by atoms with Crippen LogP contribution in [0.3, 0.4) is 0 Å². The minimum Gasteiger partial charge on any atom is -0.518 e. The average Bonchev–Trinajstić information content (AvgIpc) is 2.46. The number of hydrogen-bond acceptors (Lipinski definition) is 5. The highest BCUT2D eigenvalue weighted by Gasteiger charge is 2.45. The summed E-state index contributed by atoms with van der Waals surface area (Å²) in [5, 5.41) is -0.00947. The minimum atomic E-state index is -2.85. The normalized spacial score (nSPS) is 17.6. The van der Waals surface area contributed by atoms with Gasteiger partial charge in [-0.3, -0.25) is 9.36 Å². The highest BCUT2D eigenvalue weighted by molar-refractivity contribution is 7.59. The topological polar surface area (TPSA) is 64.6 Å². The third-order valence-electron chi connectivity index (χ3n) is 7.91. The van der Waals surface area contributed by atoms with Crippen LogP contribution >= 0.6 is 7.37 Å². The third-order valence-corrected chi connectivity index (χ3v) is 25.1. The van der Waals surface area contributed by atoms with Crippen LogP contribution in [0.4, 0.5) is 0 Å². The van der Waals surface area contributed by atoms with Gasteiger partial charge in [0.25, 0.3) is 8.32 Å². The molecule has 2 atom stereocenters. The molecule has 0 heterocycles. The number of rotatable bonds is 9. The fraction of sp³-hybridized carbons (Fsp3) is 0.957. The molecule has 0 saturated heterocycles. The van der Waals surface area contributed by atoms with Crippen molar-refractivity contribution in [3.63, 3.8) is 0 Å². The van der Waals surface area contributed by atoms with Crippen LogP contribution in [0.1, 0.15) is 68.7 Å². The Balaban J connectivity index is 5.78. The van der Waals surface area contributed by atoms with Crippen molar-refractivity contribution >= 4 is 38.2 Å². The largest absolute Gasteiger partial charge is 0.518 e. The molecule has 1 unspecified atom stereocenters. The van der Waals surface area contributed by atoms with Crippen molar-refractivity contribution in [1.82, 2.24) is 4.98 Å². The molecule has 0 amide bonds. The summed E-state index contributed by atoms with van der Waals surface area (Å²) in [5.74, 6) is -0.200. The molecule has 0 rings (SSSR count). The molecule has 0 radical (unpaired) electrons. The van der Waals surface area contributed by atoms with Crippen molar-refractivity contribution < 1.29 is 18.0 Å². The summed E-state index contributed by atoms with van der Waals surface area (Å²) in [6, 6.07) is -0.471. The molecule has 0 aromatic heterocycles. The first-order valence-electron chi connectivity index (χ1n) is 11.9. The highest BCUT2D eigenvalue weighted by atomic mass is 31.2. The van der Waals surface area contributed by atoms with Gasteiger partial charge in [-0.05, 0) is 47.7 Å². The first-order chi connectivity index (χ1) is 13.7. The standard InChI is InChI=1S/C23H54NO4PSi3/c1-21(2,3)30(11,12)24-19(20(25)27-31(13,14)22(4,5)6)17-18-29(10,26)28-32(15,16)23(7,8)9/h19,24H,17-18H2,1-16H3/t19-,29?/m1/s1. The molecular formula is C23H54NO4PSi3. The molecule has 0 saturated carbocycles. The fourth-order valence-corrected chi connectivity index (χ4v) is 11.0. The van der Waals surface area contributed by atoms with Gasteiger partial charge in [0.15, 0.2) is 7.37 Å². The Morgan fingerprint density at radius 2 is 1.22 bits per heavy atom. The van der Waals surface area contributed by atoms with Crippen molar-refractivity contribution in [2.45, 2.75) is 129 Å². The average molecular weight is 524 g/mol. The van der Waals surface area contributed by atoms with Crippen LogP contribution in [0.15, 0.2) is 0 Å². The van der Waals surface area contributed by atoms with E-state index in [-0.39, 0.29) is 21.1 Å². The van der Waals surface area contributed by atoms with Gasteiger partial charge in [-0.2, -0.15) is 0 Å². The van der Waals surface area contributed by atoms with Gasteiger partial charge in [0, 0.05) is 12.8 Å². The molecule has 192 valence electrons. The monoisotopic (exact) mass is 523 g/mol. The van der Waals surface area contributed by atoms with E-state index in [2.05, 4.69) is 107 Å². The molecule has 0 aliphatic heterocycles. The Labute approximate surface area is 203 Å². The zero-order valence-corrected chi connectivity index (χ0v) is 28.0. The summed E-state index contributed by atoms with van der Waals surface area (Å²) >= 11 is 0. The lowest BCUT2D eigenvalue weighted by atomic mass is 10.2. The Morgan fingerprint density at radius 3 is 1.56 bits per heavy atom. The van der Waals surface area contributed by atoms with Gasteiger partial charge < -0.3 is 13.6 Å². The Bertz CT molecular complexity index is 702. The molecule has 5 nitrogen and oxygen atoms in total. The van der Waals surface area contributed by atoms with Crippen LogP contribution in [-0.4, -0.2) is 49.7 Å². The van der Waals surface area contributed by atoms with E-state index in [9.17, 15) is 9.36 Å². The first kappa shape index (κ1) is 32.3. The molecule has 0 aliphatic rings. The number of carbonyl (C=O) groups is 1. The summed E-state index contributed by atoms with van der Waals surface area (Å²) in [5.41, 5.74) is 0. The van der Waals surface area contributed by atoms with Crippen LogP contribution in [0.25, 0.3) is 0 Å². The van der Waals surface area contributed by atoms with Gasteiger partial charge >= 0.3 is 5.97 Å². The van der Waals surface area contributed by atoms with E-state index in [1.807, 2.05) is 0 Å². The van der Waals surface area contributed by atoms with E-state index in [1.165, 1.54) is 0 Å². The SMILES string of the molecule is CC(C)(C)[Si](C)(C)N[C@H](CCP(C)(=O)O[Si](C)(C)C(C)(C)C)C(=O)O[Si](C)(C)C(C)(C)C. The fourth-order valence-electron chi connectivity index (χ4n) is 2.41. The minimum absolute atomic E-state index is 0.0152. The van der Waals surface area contributed by atoms with Crippen molar-refractivity contribution in [1.29, 1.82) is 0 Å². The van der Waals surface area contributed by atoms with Crippen LogP contribution < -0.4 is 4.98 Å². The second-order valence-corrected chi connectivity index (χ2v) is 31.6. The Hall–Kier alpha value is 0.271. The van der Waals surface area contributed by atoms with E-state index in [1.54, 1.807) is 6.66 Å². The van der Waals surface area contributed by atoms with Crippen molar-refractivity contribution in [2.24, 2.45) is 0 Å². The highest BCUT2D eigenvalue weighted by Crippen LogP contribution is 2.52. The van der Waals surface area contributed by atoms with Gasteiger partial charge in [-0.25, -0.2) is 0 Å². The Kier molecular flexibility index (Phi) is 10.2. The van der Waals surface area contributed by atoms with Crippen molar-refractivity contribution in [2.75, 3.05) is 12.8 Å². The molecule has 0 bridgehead atoms. The molecule has 1 N–H and O–H groups in total. The molecule has 0 fully saturated rings. The maximum absolute atomic E-state index is 13.5. The van der Waals surface area contributed by atoms with E-state index >= 15 is 0 Å². The number of carbonyl (C=O) groups excluding carboxylic acids is 1. The second kappa shape index (κ2) is 10.1. The lowest BCUT2D eigenvalue weighted by Gasteiger charge is -2.42. The third kappa shape index (κ3) is 9.14. The predicted octanol–water partition coefficient (Wildman–Crippen LogP) is 7.82. The molecule has 9 heteroatoms. The van der Waals surface area contributed by atoms with Crippen LogP contribution in [0, 0.1) is 0 Å². The molecule has 0 aliphatic carbocycles. The van der Waals surface area contributed by atoms with Gasteiger partial charge in [0.05, 0.1) is 6.04 Å². The van der Waals surface area contributed by atoms with E-state index in [0.717, 1.165) is 0 Å². The maximum Gasteiger partial charge on any atom is 0.309 e. The lowest BCUT2D eigenvalue weighted by Crippen LogP contribution is -2.60. The smallest absolute Gasteiger partial charge is 0.309 e. The van der Waals surface area contributed by atoms with Gasteiger partial charge in [0.1, 0.15) is 8.24 Å². The zero-order valence-electron chi connectivity index (χ0n) is 24.1. The van der Waals surface area contributed by atoms with E-state index in [4.69, 9.17) is 8.64 Å². The summed E-state index contributed by atoms with van der Waals surface area (Å²) < 4.78 is 26.0. The lowest BCUT2D eigenvalue weighted by molar-refractivity contribution is -0.137. The first-order valence-corrected chi connectivity index (χ1v) is 23.0. The Morgan fingerprint density at radius 1 is 0.812 bits per heavy atom. The summed E-state index contributed by atoms with van der Waals surface area (Å²) in [7, 11) is -9.26. The zero-order chi connectivity index (χ0) is 26.2. The molecule has 32 heavy (non-hydrogen) atoms. The molecular weight excluding hydrogens is 469 g/mol. The summed E-state index contributed by atoms with van der Waals surface area (Å²) in [6.07, 6.45) is 0.834. The maximum atomic E-state index is 13.5. The van der Waals surface area contributed by atoms with Crippen LogP contribution in [0.2, 0.25) is 54.4 Å². The van der Waals surface area contributed by atoms with Gasteiger partial charge in [0.2, 0.25) is 8.32 Å². The van der Waals surface area contributed by atoms with Gasteiger partial charge in [-0.15, -0.1) is 0 Å². The van der Waals surface area contributed by atoms with E-state index < -0.39 is 38.3 Å². The molecule has 0 spiro atoms. The van der Waals surface area contributed by atoms with Crippen LogP contribution in [-0.2, 0) is 18.0 Å². The summed E-state index contributed by atoms with van der Waals surface area (Å²) in [4.78, 5) is 17.1.